The van der Waals surface area contributed by atoms with Gasteiger partial charge in [-0.25, -0.2) is 9.97 Å². The van der Waals surface area contributed by atoms with Crippen molar-refractivity contribution in [3.05, 3.63) is 80.2 Å². The maximum absolute atomic E-state index is 13.0. The lowest BCUT2D eigenvalue weighted by molar-refractivity contribution is 0.102. The number of nitrogens with one attached hydrogen (secondary N) is 1. The number of fused-ring (bicyclic) bond motifs is 1. The molecule has 9 heteroatoms. The van der Waals surface area contributed by atoms with Crippen LogP contribution in [0.2, 0.25) is 0 Å². The largest absolute Gasteiger partial charge is 0.486 e. The molecule has 0 atom stereocenters. The molecule has 0 saturated heterocycles. The van der Waals surface area contributed by atoms with Crippen LogP contribution in [0.1, 0.15) is 37.2 Å². The number of aromatic nitrogens is 2. The number of ether oxygens (including phenoxy) is 3. The summed E-state index contributed by atoms with van der Waals surface area (Å²) in [7, 11) is 0. The number of amides is 1. The van der Waals surface area contributed by atoms with Crippen LogP contribution in [0.25, 0.3) is 0 Å². The Hall–Kier alpha value is -3.43. The van der Waals surface area contributed by atoms with E-state index in [0.29, 0.717) is 29.5 Å². The normalized spacial score (nSPS) is 12.1. The molecule has 0 aliphatic carbocycles. The Morgan fingerprint density at radius 2 is 1.97 bits per heavy atom. The van der Waals surface area contributed by atoms with Gasteiger partial charge in [0.05, 0.1) is 22.0 Å². The summed E-state index contributed by atoms with van der Waals surface area (Å²) in [6, 6.07) is 13.1. The van der Waals surface area contributed by atoms with Crippen molar-refractivity contribution in [3.8, 4) is 17.2 Å². The molecule has 1 amide bonds. The molecule has 4 aromatic rings. The molecule has 7 nitrogen and oxygen atoms in total. The third kappa shape index (κ3) is 4.84. The Morgan fingerprint density at radius 1 is 1.12 bits per heavy atom. The van der Waals surface area contributed by atoms with Gasteiger partial charge >= 0.3 is 0 Å². The predicted molar refractivity (Wildman–Crippen MR) is 128 cm³/mol. The number of anilines is 1. The highest BCUT2D eigenvalue weighted by Gasteiger charge is 2.18. The van der Waals surface area contributed by atoms with Gasteiger partial charge in [0.25, 0.3) is 5.91 Å². The van der Waals surface area contributed by atoms with Crippen LogP contribution < -0.4 is 19.5 Å². The van der Waals surface area contributed by atoms with E-state index in [4.69, 9.17) is 14.2 Å². The number of aryl methyl sites for hydroxylation is 2. The number of carbonyl (C=O) groups excluding carboxylic acids is 1. The van der Waals surface area contributed by atoms with Crippen LogP contribution in [-0.4, -0.2) is 22.7 Å². The molecule has 1 N–H and O–H groups in total. The SMILES string of the molecule is Cc1nc(COc2ccccc2C(=O)Nc2nc(C)c(Cc3ccc4c(c3)OCO4)s2)cs1. The standard InChI is InChI=1S/C24H21N3O4S2/c1-14-22(10-16-7-8-20-21(9-16)31-13-30-20)33-24(25-14)27-23(28)18-5-3-4-6-19(18)29-11-17-12-32-15(2)26-17/h3-9,12H,10-11,13H2,1-2H3,(H,25,27,28). The third-order valence-corrected chi connectivity index (χ3v) is 6.98. The first-order valence-electron chi connectivity index (χ1n) is 10.3. The Kier molecular flexibility index (Phi) is 5.97. The van der Waals surface area contributed by atoms with E-state index < -0.39 is 0 Å². The van der Waals surface area contributed by atoms with Crippen molar-refractivity contribution < 1.29 is 19.0 Å². The monoisotopic (exact) mass is 479 g/mol. The van der Waals surface area contributed by atoms with E-state index in [0.717, 1.165) is 38.3 Å². The second kappa shape index (κ2) is 9.21. The highest BCUT2D eigenvalue weighted by atomic mass is 32.1. The Bertz CT molecular complexity index is 1310. The van der Waals surface area contributed by atoms with Crippen LogP contribution in [0.5, 0.6) is 17.2 Å². The van der Waals surface area contributed by atoms with Gasteiger partial charge in [0.1, 0.15) is 12.4 Å². The number of hydrogen-bond acceptors (Lipinski definition) is 8. The van der Waals surface area contributed by atoms with Crippen molar-refractivity contribution in [1.82, 2.24) is 9.97 Å². The van der Waals surface area contributed by atoms with Gasteiger partial charge in [-0.1, -0.05) is 18.2 Å². The second-order valence-corrected chi connectivity index (χ2v) is 9.63. The fourth-order valence-electron chi connectivity index (χ4n) is 3.45. The molecule has 0 unspecified atom stereocenters. The van der Waals surface area contributed by atoms with Gasteiger partial charge in [0.15, 0.2) is 16.6 Å². The fraction of sp³-hybridized carbons (Fsp3) is 0.208. The average Bonchev–Trinajstić information content (AvgIpc) is 3.53. The third-order valence-electron chi connectivity index (χ3n) is 5.09. The van der Waals surface area contributed by atoms with E-state index >= 15 is 0 Å². The van der Waals surface area contributed by atoms with E-state index in [1.165, 1.54) is 11.3 Å². The van der Waals surface area contributed by atoms with E-state index in [2.05, 4.69) is 15.3 Å². The van der Waals surface area contributed by atoms with Crippen LogP contribution >= 0.6 is 22.7 Å². The minimum Gasteiger partial charge on any atom is -0.486 e. The van der Waals surface area contributed by atoms with Crippen LogP contribution in [0.4, 0.5) is 5.13 Å². The lowest BCUT2D eigenvalue weighted by Crippen LogP contribution is -2.13. The highest BCUT2D eigenvalue weighted by Crippen LogP contribution is 2.34. The minimum atomic E-state index is -0.261. The molecule has 33 heavy (non-hydrogen) atoms. The van der Waals surface area contributed by atoms with Gasteiger partial charge in [-0.05, 0) is 43.7 Å². The lowest BCUT2D eigenvalue weighted by atomic mass is 10.1. The topological polar surface area (TPSA) is 82.6 Å². The molecule has 2 aromatic heterocycles. The summed E-state index contributed by atoms with van der Waals surface area (Å²) in [4.78, 5) is 23.0. The van der Waals surface area contributed by atoms with Crippen LogP contribution in [-0.2, 0) is 13.0 Å². The van der Waals surface area contributed by atoms with Crippen LogP contribution in [0, 0.1) is 13.8 Å². The van der Waals surface area contributed by atoms with E-state index in [-0.39, 0.29) is 12.7 Å². The maximum Gasteiger partial charge on any atom is 0.261 e. The van der Waals surface area contributed by atoms with Crippen molar-refractivity contribution in [3.63, 3.8) is 0 Å². The number of thiazole rings is 2. The van der Waals surface area contributed by atoms with Gasteiger partial charge in [-0.3, -0.25) is 10.1 Å². The van der Waals surface area contributed by atoms with Gasteiger partial charge in [-0.2, -0.15) is 0 Å². The van der Waals surface area contributed by atoms with Gasteiger partial charge < -0.3 is 14.2 Å². The van der Waals surface area contributed by atoms with E-state index in [1.807, 2.05) is 49.6 Å². The second-order valence-electron chi connectivity index (χ2n) is 7.49. The summed E-state index contributed by atoms with van der Waals surface area (Å²) in [5.41, 5.74) is 3.28. The molecule has 3 heterocycles. The zero-order valence-electron chi connectivity index (χ0n) is 18.1. The maximum atomic E-state index is 13.0. The summed E-state index contributed by atoms with van der Waals surface area (Å²) >= 11 is 3.04. The van der Waals surface area contributed by atoms with Crippen LogP contribution in [0.3, 0.4) is 0 Å². The first-order chi connectivity index (χ1) is 16.0. The molecule has 0 saturated carbocycles. The minimum absolute atomic E-state index is 0.253. The summed E-state index contributed by atoms with van der Waals surface area (Å²) in [6.07, 6.45) is 0.697. The Labute approximate surface area is 199 Å². The zero-order valence-corrected chi connectivity index (χ0v) is 19.7. The van der Waals surface area contributed by atoms with Crippen LogP contribution in [0.15, 0.2) is 47.8 Å². The van der Waals surface area contributed by atoms with Crippen molar-refractivity contribution in [1.29, 1.82) is 0 Å². The Balaban J connectivity index is 1.28. The molecule has 168 valence electrons. The van der Waals surface area contributed by atoms with Gasteiger partial charge in [0, 0.05) is 16.7 Å². The van der Waals surface area contributed by atoms with Crippen molar-refractivity contribution in [2.45, 2.75) is 26.9 Å². The van der Waals surface area contributed by atoms with Gasteiger partial charge in [0.2, 0.25) is 6.79 Å². The summed E-state index contributed by atoms with van der Waals surface area (Å²) in [5.74, 6) is 1.77. The number of benzene rings is 2. The molecular weight excluding hydrogens is 458 g/mol. The summed E-state index contributed by atoms with van der Waals surface area (Å²) in [5, 5.41) is 6.41. The molecule has 0 fully saturated rings. The first kappa shape index (κ1) is 21.4. The lowest BCUT2D eigenvalue weighted by Gasteiger charge is -2.10. The number of rotatable bonds is 7. The number of carbonyl (C=O) groups is 1. The molecule has 1 aliphatic rings. The molecule has 1 aliphatic heterocycles. The summed E-state index contributed by atoms with van der Waals surface area (Å²) < 4.78 is 16.7. The number of nitrogens with zero attached hydrogens (tertiary/aromatic N) is 2. The zero-order chi connectivity index (χ0) is 22.8. The summed E-state index contributed by atoms with van der Waals surface area (Å²) in [6.45, 7) is 4.46. The number of para-hydroxylation sites is 1. The average molecular weight is 480 g/mol. The molecule has 0 bridgehead atoms. The van der Waals surface area contributed by atoms with Crippen molar-refractivity contribution >= 4 is 33.7 Å². The predicted octanol–water partition coefficient (Wildman–Crippen LogP) is 5.37. The molecule has 2 aromatic carbocycles. The highest BCUT2D eigenvalue weighted by molar-refractivity contribution is 7.15. The molecule has 0 radical (unpaired) electrons. The van der Waals surface area contributed by atoms with Gasteiger partial charge in [-0.15, -0.1) is 22.7 Å². The first-order valence-corrected chi connectivity index (χ1v) is 12.0. The quantitative estimate of drug-likeness (QED) is 0.384. The van der Waals surface area contributed by atoms with Crippen molar-refractivity contribution in [2.75, 3.05) is 12.1 Å². The van der Waals surface area contributed by atoms with E-state index in [1.54, 1.807) is 23.5 Å². The smallest absolute Gasteiger partial charge is 0.261 e. The Morgan fingerprint density at radius 3 is 2.82 bits per heavy atom. The van der Waals surface area contributed by atoms with Crippen molar-refractivity contribution in [2.24, 2.45) is 0 Å². The molecular formula is C24H21N3O4S2. The van der Waals surface area contributed by atoms with E-state index in [9.17, 15) is 4.79 Å². The fourth-order valence-corrected chi connectivity index (χ4v) is 5.04. The number of hydrogen-bond donors (Lipinski definition) is 1. The molecule has 0 spiro atoms. The molecule has 5 rings (SSSR count).